The van der Waals surface area contributed by atoms with E-state index in [-0.39, 0.29) is 0 Å². The van der Waals surface area contributed by atoms with Crippen molar-refractivity contribution in [3.05, 3.63) is 64.8 Å². The topological polar surface area (TPSA) is 65.6 Å². The number of hydrogen-bond acceptors (Lipinski definition) is 3. The first-order valence-electron chi connectivity index (χ1n) is 11.5. The average molecular weight is 419 g/mol. The molecule has 3 heterocycles. The summed E-state index contributed by atoms with van der Waals surface area (Å²) in [5.41, 5.74) is 5.46. The molecule has 5 nitrogen and oxygen atoms in total. The summed E-state index contributed by atoms with van der Waals surface area (Å²) in [4.78, 5) is 17.1. The van der Waals surface area contributed by atoms with E-state index >= 15 is 0 Å². The Balaban J connectivity index is 1.09. The minimum Gasteiger partial charge on any atom is -0.493 e. The van der Waals surface area contributed by atoms with E-state index in [0.717, 1.165) is 49.1 Å². The number of aromatic carboxylic acids is 1. The zero-order chi connectivity index (χ0) is 21.2. The fraction of sp³-hybridized carbons (Fsp3) is 0.423. The summed E-state index contributed by atoms with van der Waals surface area (Å²) in [5, 5.41) is 10.3. The molecule has 2 aliphatic heterocycles. The number of unbranched alkanes of at least 4 members (excludes halogenated alkanes) is 1. The molecule has 31 heavy (non-hydrogen) atoms. The number of hydrogen-bond donors (Lipinski definition) is 2. The molecule has 5 heteroatoms. The normalized spacial score (nSPS) is 17.0. The van der Waals surface area contributed by atoms with Gasteiger partial charge in [-0.05, 0) is 98.6 Å². The Hall–Kier alpha value is -2.79. The molecule has 1 aromatic heterocycles. The van der Waals surface area contributed by atoms with Gasteiger partial charge in [-0.25, -0.2) is 4.79 Å². The summed E-state index contributed by atoms with van der Waals surface area (Å²) < 4.78 is 5.64. The molecule has 2 aliphatic rings. The van der Waals surface area contributed by atoms with Crippen LogP contribution in [0.3, 0.4) is 0 Å². The Kier molecular flexibility index (Phi) is 5.68. The van der Waals surface area contributed by atoms with Gasteiger partial charge < -0.3 is 19.7 Å². The van der Waals surface area contributed by atoms with Crippen molar-refractivity contribution in [3.63, 3.8) is 0 Å². The monoisotopic (exact) mass is 418 g/mol. The highest BCUT2D eigenvalue weighted by Gasteiger charge is 2.22. The van der Waals surface area contributed by atoms with Crippen molar-refractivity contribution in [2.45, 2.75) is 44.4 Å². The number of fused-ring (bicyclic) bond motifs is 2. The molecular weight excluding hydrogens is 388 g/mol. The van der Waals surface area contributed by atoms with Crippen LogP contribution in [0.15, 0.2) is 42.6 Å². The molecule has 0 spiro atoms. The van der Waals surface area contributed by atoms with Crippen molar-refractivity contribution in [2.24, 2.45) is 0 Å². The smallest absolute Gasteiger partial charge is 0.335 e. The van der Waals surface area contributed by atoms with E-state index in [0.29, 0.717) is 11.5 Å². The first kappa shape index (κ1) is 20.1. The highest BCUT2D eigenvalue weighted by molar-refractivity contribution is 5.94. The number of carboxylic acids is 1. The standard InChI is InChI=1S/C26H30N2O3/c29-26(30)21-4-6-24-23(16-21)22(17-27-24)3-1-2-11-28-12-8-18(9-13-28)19-5-7-25-20(15-19)10-14-31-25/h4-7,15-18,27H,1-3,8-14H2,(H,29,30). The molecular formula is C26H30N2O3. The van der Waals surface area contributed by atoms with Gasteiger partial charge in [-0.1, -0.05) is 12.1 Å². The van der Waals surface area contributed by atoms with Crippen molar-refractivity contribution >= 4 is 16.9 Å². The third-order valence-corrected chi connectivity index (χ3v) is 6.96. The summed E-state index contributed by atoms with van der Waals surface area (Å²) in [6.45, 7) is 4.32. The van der Waals surface area contributed by atoms with E-state index in [1.165, 1.54) is 49.0 Å². The quantitative estimate of drug-likeness (QED) is 0.530. The van der Waals surface area contributed by atoms with Crippen molar-refractivity contribution in [2.75, 3.05) is 26.2 Å². The van der Waals surface area contributed by atoms with Gasteiger partial charge in [0.2, 0.25) is 0 Å². The molecule has 2 aromatic carbocycles. The number of nitrogens with one attached hydrogen (secondary N) is 1. The summed E-state index contributed by atoms with van der Waals surface area (Å²) >= 11 is 0. The molecule has 0 aliphatic carbocycles. The second-order valence-corrected chi connectivity index (χ2v) is 8.92. The van der Waals surface area contributed by atoms with Crippen LogP contribution in [0.2, 0.25) is 0 Å². The SMILES string of the molecule is O=C(O)c1ccc2[nH]cc(CCCCN3CCC(c4ccc5c(c4)CCO5)CC3)c2c1. The lowest BCUT2D eigenvalue weighted by molar-refractivity contribution is 0.0697. The lowest BCUT2D eigenvalue weighted by atomic mass is 9.88. The van der Waals surface area contributed by atoms with Gasteiger partial charge in [0.15, 0.2) is 0 Å². The number of likely N-dealkylation sites (tertiary alicyclic amines) is 1. The maximum absolute atomic E-state index is 11.3. The molecule has 5 rings (SSSR count). The number of piperidine rings is 1. The summed E-state index contributed by atoms with van der Waals surface area (Å²) in [6, 6.07) is 12.1. The fourth-order valence-corrected chi connectivity index (χ4v) is 5.12. The van der Waals surface area contributed by atoms with Crippen LogP contribution in [0.25, 0.3) is 10.9 Å². The molecule has 2 N–H and O–H groups in total. The molecule has 0 atom stereocenters. The summed E-state index contributed by atoms with van der Waals surface area (Å²) in [5.74, 6) is 0.887. The van der Waals surface area contributed by atoms with Crippen LogP contribution in [0.5, 0.6) is 5.75 Å². The van der Waals surface area contributed by atoms with Crippen molar-refractivity contribution in [3.8, 4) is 5.75 Å². The number of H-pyrrole nitrogens is 1. The van der Waals surface area contributed by atoms with Gasteiger partial charge in [0, 0.05) is 23.5 Å². The number of aromatic amines is 1. The Bertz CT molecular complexity index is 1080. The second kappa shape index (κ2) is 8.75. The Morgan fingerprint density at radius 1 is 1.13 bits per heavy atom. The van der Waals surface area contributed by atoms with Crippen molar-refractivity contribution in [1.29, 1.82) is 0 Å². The van der Waals surface area contributed by atoms with Crippen LogP contribution < -0.4 is 4.74 Å². The number of rotatable bonds is 7. The van der Waals surface area contributed by atoms with E-state index in [1.54, 1.807) is 12.1 Å². The minimum absolute atomic E-state index is 0.354. The molecule has 0 bridgehead atoms. The van der Waals surface area contributed by atoms with E-state index in [4.69, 9.17) is 4.74 Å². The summed E-state index contributed by atoms with van der Waals surface area (Å²) in [7, 11) is 0. The zero-order valence-corrected chi connectivity index (χ0v) is 17.9. The van der Waals surface area contributed by atoms with Crippen LogP contribution in [0, 0.1) is 0 Å². The number of nitrogens with zero attached hydrogens (tertiary/aromatic N) is 1. The van der Waals surface area contributed by atoms with E-state index in [9.17, 15) is 9.90 Å². The Labute approximate surface area is 183 Å². The third-order valence-electron chi connectivity index (χ3n) is 6.96. The highest BCUT2D eigenvalue weighted by Crippen LogP contribution is 2.33. The average Bonchev–Trinajstić information content (AvgIpc) is 3.43. The Morgan fingerprint density at radius 2 is 2.00 bits per heavy atom. The maximum Gasteiger partial charge on any atom is 0.335 e. The zero-order valence-electron chi connectivity index (χ0n) is 17.9. The lowest BCUT2D eigenvalue weighted by Crippen LogP contribution is -2.33. The van der Waals surface area contributed by atoms with E-state index in [1.807, 2.05) is 12.3 Å². The molecule has 0 amide bonds. The lowest BCUT2D eigenvalue weighted by Gasteiger charge is -2.32. The first-order chi connectivity index (χ1) is 15.2. The number of ether oxygens (including phenoxy) is 1. The fourth-order valence-electron chi connectivity index (χ4n) is 5.12. The van der Waals surface area contributed by atoms with E-state index < -0.39 is 5.97 Å². The molecule has 0 unspecified atom stereocenters. The van der Waals surface area contributed by atoms with E-state index in [2.05, 4.69) is 28.1 Å². The predicted molar refractivity (Wildman–Crippen MR) is 122 cm³/mol. The third kappa shape index (κ3) is 4.33. The minimum atomic E-state index is -0.870. The first-order valence-corrected chi connectivity index (χ1v) is 11.5. The molecule has 0 radical (unpaired) electrons. The van der Waals surface area contributed by atoms with Gasteiger partial charge in [-0.2, -0.15) is 0 Å². The number of aryl methyl sites for hydroxylation is 1. The van der Waals surface area contributed by atoms with Gasteiger partial charge in [0.25, 0.3) is 0 Å². The van der Waals surface area contributed by atoms with Gasteiger partial charge in [0.05, 0.1) is 12.2 Å². The number of benzene rings is 2. The molecule has 162 valence electrons. The van der Waals surface area contributed by atoms with Gasteiger partial charge in [-0.15, -0.1) is 0 Å². The highest BCUT2D eigenvalue weighted by atomic mass is 16.5. The van der Waals surface area contributed by atoms with Crippen LogP contribution in [0.1, 0.15) is 58.6 Å². The number of aromatic nitrogens is 1. The van der Waals surface area contributed by atoms with Crippen molar-refractivity contribution in [1.82, 2.24) is 9.88 Å². The second-order valence-electron chi connectivity index (χ2n) is 8.92. The predicted octanol–water partition coefficient (Wildman–Crippen LogP) is 5.00. The van der Waals surface area contributed by atoms with Crippen molar-refractivity contribution < 1.29 is 14.6 Å². The number of carboxylic acid groups (broad SMARTS) is 1. The summed E-state index contributed by atoms with van der Waals surface area (Å²) in [6.07, 6.45) is 8.83. The number of carbonyl (C=O) groups is 1. The van der Waals surface area contributed by atoms with Gasteiger partial charge in [-0.3, -0.25) is 0 Å². The largest absolute Gasteiger partial charge is 0.493 e. The molecule has 0 saturated carbocycles. The molecule has 1 saturated heterocycles. The van der Waals surface area contributed by atoms with Crippen LogP contribution >= 0.6 is 0 Å². The van der Waals surface area contributed by atoms with Crippen LogP contribution in [0.4, 0.5) is 0 Å². The van der Waals surface area contributed by atoms with Crippen LogP contribution in [-0.4, -0.2) is 47.2 Å². The molecule has 1 fully saturated rings. The Morgan fingerprint density at radius 3 is 2.84 bits per heavy atom. The maximum atomic E-state index is 11.3. The van der Waals surface area contributed by atoms with Gasteiger partial charge >= 0.3 is 5.97 Å². The van der Waals surface area contributed by atoms with Crippen LogP contribution in [-0.2, 0) is 12.8 Å². The molecule has 3 aromatic rings. The van der Waals surface area contributed by atoms with Gasteiger partial charge in [0.1, 0.15) is 5.75 Å².